The van der Waals surface area contributed by atoms with Crippen LogP contribution in [0.15, 0.2) is 41.5 Å². The predicted octanol–water partition coefficient (Wildman–Crippen LogP) is 1.60. The lowest BCUT2D eigenvalue weighted by atomic mass is 10.0. The largest absolute Gasteiger partial charge is 0.407 e. The van der Waals surface area contributed by atoms with Gasteiger partial charge in [0.1, 0.15) is 5.69 Å². The fourth-order valence-corrected chi connectivity index (χ4v) is 2.20. The molecule has 0 radical (unpaired) electrons. The molecule has 1 heterocycles. The summed E-state index contributed by atoms with van der Waals surface area (Å²) in [7, 11) is 1.74. The standard InChI is InChI=1S/C13H16N4O/c1-14-18-13-9-5-4-8-12(13)17-15-10-6-2-3-7-11(10)16-17/h2,4-6,8-10,14-15H,3,7H2,1H3. The van der Waals surface area contributed by atoms with E-state index in [1.807, 2.05) is 24.3 Å². The Labute approximate surface area is 106 Å². The van der Waals surface area contributed by atoms with E-state index >= 15 is 0 Å². The monoisotopic (exact) mass is 244 g/mol. The van der Waals surface area contributed by atoms with Crippen molar-refractivity contribution in [2.75, 3.05) is 12.2 Å². The Hall–Kier alpha value is -1.85. The lowest BCUT2D eigenvalue weighted by Crippen LogP contribution is -2.37. The Balaban J connectivity index is 1.88. The third-order valence-electron chi connectivity index (χ3n) is 3.05. The molecule has 0 saturated carbocycles. The molecule has 0 fully saturated rings. The molecule has 0 bridgehead atoms. The number of hydrogen-bond acceptors (Lipinski definition) is 5. The van der Waals surface area contributed by atoms with Gasteiger partial charge in [0, 0.05) is 7.05 Å². The average Bonchev–Trinajstić information content (AvgIpc) is 2.83. The summed E-state index contributed by atoms with van der Waals surface area (Å²) in [6.45, 7) is 0. The minimum Gasteiger partial charge on any atom is -0.407 e. The quantitative estimate of drug-likeness (QED) is 0.626. The number of allylic oxidation sites excluding steroid dienone is 1. The van der Waals surface area contributed by atoms with E-state index in [2.05, 4.69) is 28.2 Å². The topological polar surface area (TPSA) is 48.9 Å². The van der Waals surface area contributed by atoms with Crippen LogP contribution >= 0.6 is 0 Å². The van der Waals surface area contributed by atoms with Crippen LogP contribution in [0.5, 0.6) is 5.75 Å². The predicted molar refractivity (Wildman–Crippen MR) is 71.3 cm³/mol. The van der Waals surface area contributed by atoms with Crippen LogP contribution in [0.4, 0.5) is 5.69 Å². The van der Waals surface area contributed by atoms with Gasteiger partial charge in [-0.15, -0.1) is 0 Å². The smallest absolute Gasteiger partial charge is 0.174 e. The Morgan fingerprint density at radius 3 is 3.17 bits per heavy atom. The van der Waals surface area contributed by atoms with Gasteiger partial charge in [-0.05, 0) is 25.0 Å². The molecular weight excluding hydrogens is 228 g/mol. The number of benzene rings is 1. The van der Waals surface area contributed by atoms with Crippen molar-refractivity contribution in [3.63, 3.8) is 0 Å². The molecule has 1 aliphatic heterocycles. The van der Waals surface area contributed by atoms with Crippen molar-refractivity contribution in [3.05, 3.63) is 36.4 Å². The Kier molecular flexibility index (Phi) is 3.00. The third kappa shape index (κ3) is 1.98. The lowest BCUT2D eigenvalue weighted by molar-refractivity contribution is 0.224. The molecule has 1 atom stereocenters. The number of hydrazine groups is 1. The van der Waals surface area contributed by atoms with Crippen LogP contribution in [-0.4, -0.2) is 18.8 Å². The number of fused-ring (bicyclic) bond motifs is 1. The van der Waals surface area contributed by atoms with Gasteiger partial charge in [0.2, 0.25) is 0 Å². The summed E-state index contributed by atoms with van der Waals surface area (Å²) < 4.78 is 0. The highest BCUT2D eigenvalue weighted by Gasteiger charge is 2.27. The zero-order valence-corrected chi connectivity index (χ0v) is 10.3. The maximum Gasteiger partial charge on any atom is 0.174 e. The van der Waals surface area contributed by atoms with Gasteiger partial charge in [0.15, 0.2) is 5.75 Å². The Morgan fingerprint density at radius 2 is 2.33 bits per heavy atom. The van der Waals surface area contributed by atoms with Crippen molar-refractivity contribution < 1.29 is 4.84 Å². The summed E-state index contributed by atoms with van der Waals surface area (Å²) in [4.78, 5) is 5.38. The first-order valence-electron chi connectivity index (χ1n) is 6.11. The Bertz CT molecular complexity index is 498. The SMILES string of the molecule is CNOc1ccccc1N1N=C2CCC=CC2N1. The second kappa shape index (κ2) is 4.80. The van der Waals surface area contributed by atoms with E-state index in [1.54, 1.807) is 12.2 Å². The molecule has 5 nitrogen and oxygen atoms in total. The fraction of sp³-hybridized carbons (Fsp3) is 0.308. The molecule has 0 aromatic heterocycles. The molecule has 2 N–H and O–H groups in total. The molecule has 3 rings (SSSR count). The normalized spacial score (nSPS) is 21.7. The lowest BCUT2D eigenvalue weighted by Gasteiger charge is -2.19. The molecular formula is C13H16N4O. The zero-order valence-electron chi connectivity index (χ0n) is 10.3. The highest BCUT2D eigenvalue weighted by atomic mass is 16.6. The van der Waals surface area contributed by atoms with Crippen LogP contribution in [0.1, 0.15) is 12.8 Å². The highest BCUT2D eigenvalue weighted by molar-refractivity contribution is 5.95. The minimum atomic E-state index is 0.224. The van der Waals surface area contributed by atoms with E-state index in [9.17, 15) is 0 Å². The molecule has 1 aliphatic carbocycles. The molecule has 18 heavy (non-hydrogen) atoms. The number of hydrogen-bond donors (Lipinski definition) is 2. The highest BCUT2D eigenvalue weighted by Crippen LogP contribution is 2.29. The van der Waals surface area contributed by atoms with Crippen LogP contribution in [0, 0.1) is 0 Å². The summed E-state index contributed by atoms with van der Waals surface area (Å²) in [5, 5.41) is 6.40. The second-order valence-electron chi connectivity index (χ2n) is 4.25. The van der Waals surface area contributed by atoms with Crippen LogP contribution in [0.2, 0.25) is 0 Å². The summed E-state index contributed by atoms with van der Waals surface area (Å²) in [6, 6.07) is 8.02. The van der Waals surface area contributed by atoms with Gasteiger partial charge in [-0.1, -0.05) is 24.3 Å². The van der Waals surface area contributed by atoms with E-state index < -0.39 is 0 Å². The van der Waals surface area contributed by atoms with Crippen LogP contribution in [-0.2, 0) is 0 Å². The fourth-order valence-electron chi connectivity index (χ4n) is 2.20. The number of nitrogens with one attached hydrogen (secondary N) is 2. The maximum atomic E-state index is 5.38. The van der Waals surface area contributed by atoms with E-state index in [1.165, 1.54) is 5.71 Å². The molecule has 5 heteroatoms. The van der Waals surface area contributed by atoms with E-state index in [0.717, 1.165) is 24.3 Å². The van der Waals surface area contributed by atoms with Gasteiger partial charge in [-0.3, -0.25) is 0 Å². The number of rotatable bonds is 3. The molecule has 0 amide bonds. The summed E-state index contributed by atoms with van der Waals surface area (Å²) in [5.74, 6) is 0.750. The van der Waals surface area contributed by atoms with Crippen molar-refractivity contribution in [1.29, 1.82) is 0 Å². The molecule has 1 unspecified atom stereocenters. The van der Waals surface area contributed by atoms with Crippen molar-refractivity contribution in [3.8, 4) is 5.75 Å². The van der Waals surface area contributed by atoms with Gasteiger partial charge < -0.3 is 4.84 Å². The molecule has 0 saturated heterocycles. The average molecular weight is 244 g/mol. The van der Waals surface area contributed by atoms with Gasteiger partial charge in [-0.25, -0.2) is 5.43 Å². The first kappa shape index (κ1) is 11.3. The first-order valence-corrected chi connectivity index (χ1v) is 6.11. The van der Waals surface area contributed by atoms with E-state index in [-0.39, 0.29) is 6.04 Å². The Morgan fingerprint density at radius 1 is 1.44 bits per heavy atom. The maximum absolute atomic E-state index is 5.38. The van der Waals surface area contributed by atoms with Crippen molar-refractivity contribution in [2.24, 2.45) is 5.10 Å². The first-order chi connectivity index (χ1) is 8.88. The number of hydroxylamine groups is 1. The zero-order chi connectivity index (χ0) is 12.4. The minimum absolute atomic E-state index is 0.224. The van der Waals surface area contributed by atoms with Crippen LogP contribution < -0.4 is 20.9 Å². The van der Waals surface area contributed by atoms with Crippen LogP contribution in [0.25, 0.3) is 0 Å². The molecule has 1 aromatic carbocycles. The van der Waals surface area contributed by atoms with E-state index in [0.29, 0.717) is 0 Å². The molecule has 94 valence electrons. The van der Waals surface area contributed by atoms with Gasteiger partial charge in [0.25, 0.3) is 0 Å². The third-order valence-corrected chi connectivity index (χ3v) is 3.05. The second-order valence-corrected chi connectivity index (χ2v) is 4.25. The summed E-state index contributed by atoms with van der Waals surface area (Å²) in [5.41, 5.74) is 8.12. The molecule has 2 aliphatic rings. The molecule has 1 aromatic rings. The number of hydrazone groups is 1. The van der Waals surface area contributed by atoms with Crippen molar-refractivity contribution in [1.82, 2.24) is 10.9 Å². The van der Waals surface area contributed by atoms with Gasteiger partial charge in [-0.2, -0.15) is 15.7 Å². The molecule has 0 spiro atoms. The van der Waals surface area contributed by atoms with Crippen LogP contribution in [0.3, 0.4) is 0 Å². The number of nitrogens with zero attached hydrogens (tertiary/aromatic N) is 2. The number of anilines is 1. The van der Waals surface area contributed by atoms with Crippen molar-refractivity contribution >= 4 is 11.4 Å². The van der Waals surface area contributed by atoms with E-state index in [4.69, 9.17) is 4.84 Å². The summed E-state index contributed by atoms with van der Waals surface area (Å²) in [6.07, 6.45) is 6.43. The van der Waals surface area contributed by atoms with Gasteiger partial charge in [0.05, 0.1) is 11.8 Å². The number of para-hydroxylation sites is 2. The van der Waals surface area contributed by atoms with Gasteiger partial charge >= 0.3 is 0 Å². The summed E-state index contributed by atoms with van der Waals surface area (Å²) >= 11 is 0. The van der Waals surface area contributed by atoms with Crippen molar-refractivity contribution in [2.45, 2.75) is 18.9 Å².